The fourth-order valence-electron chi connectivity index (χ4n) is 4.31. The largest absolute Gasteiger partial charge is 0.480 e. The minimum absolute atomic E-state index is 0.0823. The third-order valence-corrected chi connectivity index (χ3v) is 6.72. The first kappa shape index (κ1) is 40.7. The fraction of sp³-hybridized carbons (Fsp3) is 0.793. The number of carboxylic acid groups (broad SMARTS) is 1. The molecule has 15 heteroatoms. The summed E-state index contributed by atoms with van der Waals surface area (Å²) >= 11 is 0. The molecule has 6 atom stereocenters. The first-order valence-corrected chi connectivity index (χ1v) is 15.3. The normalized spacial score (nSPS) is 15.5. The minimum atomic E-state index is -1.50. The number of carboxylic acids is 1. The second-order valence-electron chi connectivity index (χ2n) is 12.3. The molecule has 44 heavy (non-hydrogen) atoms. The quantitative estimate of drug-likeness (QED) is 0.0679. The van der Waals surface area contributed by atoms with E-state index >= 15 is 0 Å². The Morgan fingerprint density at radius 3 is 1.70 bits per heavy atom. The molecule has 0 aliphatic carbocycles. The molecule has 0 rings (SSSR count). The maximum absolute atomic E-state index is 13.3. The van der Waals surface area contributed by atoms with Crippen molar-refractivity contribution in [1.29, 1.82) is 0 Å². The molecule has 254 valence electrons. The summed E-state index contributed by atoms with van der Waals surface area (Å²) in [6.07, 6.45) is 0.335. The van der Waals surface area contributed by atoms with E-state index in [2.05, 4.69) is 26.6 Å². The lowest BCUT2D eigenvalue weighted by Crippen LogP contribution is -2.61. The summed E-state index contributed by atoms with van der Waals surface area (Å²) in [6.45, 7) is 12.1. The highest BCUT2D eigenvalue weighted by molar-refractivity contribution is 5.95. The van der Waals surface area contributed by atoms with Crippen LogP contribution >= 0.6 is 0 Å². The highest BCUT2D eigenvalue weighted by Gasteiger charge is 2.34. The Bertz CT molecular complexity index is 958. The van der Waals surface area contributed by atoms with Crippen LogP contribution in [-0.2, 0) is 28.8 Å². The number of hydrogen-bond donors (Lipinski definition) is 9. The van der Waals surface area contributed by atoms with Crippen molar-refractivity contribution < 1.29 is 39.0 Å². The summed E-state index contributed by atoms with van der Waals surface area (Å²) in [5.74, 6) is -5.02. The number of amides is 5. The highest BCUT2D eigenvalue weighted by atomic mass is 16.4. The topological polar surface area (TPSA) is 255 Å². The van der Waals surface area contributed by atoms with E-state index in [4.69, 9.17) is 11.5 Å². The van der Waals surface area contributed by atoms with Gasteiger partial charge in [-0.25, -0.2) is 4.79 Å². The number of unbranched alkanes of at least 4 members (excludes halogenated alkanes) is 1. The predicted molar refractivity (Wildman–Crippen MR) is 165 cm³/mol. The lowest BCUT2D eigenvalue weighted by Gasteiger charge is -2.28. The molecule has 0 aromatic rings. The van der Waals surface area contributed by atoms with Crippen LogP contribution in [0.5, 0.6) is 0 Å². The van der Waals surface area contributed by atoms with Gasteiger partial charge in [-0.1, -0.05) is 41.5 Å². The molecule has 5 amide bonds. The Morgan fingerprint density at radius 1 is 0.682 bits per heavy atom. The first-order valence-electron chi connectivity index (χ1n) is 15.3. The van der Waals surface area contributed by atoms with Crippen molar-refractivity contribution in [2.75, 3.05) is 13.1 Å². The summed E-state index contributed by atoms with van der Waals surface area (Å²) in [6, 6.07) is -5.74. The van der Waals surface area contributed by atoms with Gasteiger partial charge in [0.15, 0.2) is 0 Å². The zero-order valence-corrected chi connectivity index (χ0v) is 27.1. The second-order valence-corrected chi connectivity index (χ2v) is 12.3. The van der Waals surface area contributed by atoms with Gasteiger partial charge in [0.2, 0.25) is 29.5 Å². The molecule has 0 aromatic carbocycles. The smallest absolute Gasteiger partial charge is 0.326 e. The van der Waals surface area contributed by atoms with Gasteiger partial charge < -0.3 is 48.3 Å². The van der Waals surface area contributed by atoms with Crippen LogP contribution in [0.25, 0.3) is 0 Å². The summed E-state index contributed by atoms with van der Waals surface area (Å²) in [5, 5.41) is 32.2. The van der Waals surface area contributed by atoms with Crippen molar-refractivity contribution >= 4 is 35.5 Å². The van der Waals surface area contributed by atoms with Gasteiger partial charge in [-0.3, -0.25) is 24.0 Å². The average Bonchev–Trinajstić information content (AvgIpc) is 2.90. The summed E-state index contributed by atoms with van der Waals surface area (Å²) in [4.78, 5) is 75.9. The van der Waals surface area contributed by atoms with Crippen molar-refractivity contribution in [2.24, 2.45) is 29.2 Å². The Morgan fingerprint density at radius 2 is 1.23 bits per heavy atom. The van der Waals surface area contributed by atoms with E-state index in [1.54, 1.807) is 13.8 Å². The number of nitrogens with two attached hydrogens (primary N) is 2. The van der Waals surface area contributed by atoms with E-state index in [1.807, 2.05) is 27.7 Å². The van der Waals surface area contributed by atoms with E-state index in [1.165, 1.54) is 6.92 Å². The Balaban J connectivity index is 5.58. The molecule has 15 nitrogen and oxygen atoms in total. The van der Waals surface area contributed by atoms with Gasteiger partial charge in [-0.15, -0.1) is 0 Å². The zero-order chi connectivity index (χ0) is 34.1. The van der Waals surface area contributed by atoms with Gasteiger partial charge in [0.25, 0.3) is 0 Å². The number of carbonyl (C=O) groups is 6. The van der Waals surface area contributed by atoms with Gasteiger partial charge in [0.05, 0.1) is 18.7 Å². The predicted octanol–water partition coefficient (Wildman–Crippen LogP) is -1.29. The molecule has 0 saturated carbocycles. The van der Waals surface area contributed by atoms with E-state index in [-0.39, 0.29) is 24.7 Å². The Kier molecular flexibility index (Phi) is 19.1. The third-order valence-electron chi connectivity index (χ3n) is 6.72. The van der Waals surface area contributed by atoms with E-state index < -0.39 is 84.3 Å². The number of carbonyl (C=O) groups excluding carboxylic acids is 5. The minimum Gasteiger partial charge on any atom is -0.480 e. The van der Waals surface area contributed by atoms with Crippen LogP contribution in [0.4, 0.5) is 0 Å². The fourth-order valence-corrected chi connectivity index (χ4v) is 4.31. The van der Waals surface area contributed by atoms with Crippen molar-refractivity contribution in [3.05, 3.63) is 0 Å². The lowest BCUT2D eigenvalue weighted by molar-refractivity contribution is -0.143. The van der Waals surface area contributed by atoms with Crippen LogP contribution in [0.15, 0.2) is 0 Å². The summed E-state index contributed by atoms with van der Waals surface area (Å²) in [5.41, 5.74) is 11.3. The molecule has 0 bridgehead atoms. The second kappa shape index (κ2) is 20.6. The number of aliphatic carboxylic acids is 1. The third kappa shape index (κ3) is 16.0. The number of aliphatic hydroxyl groups is 1. The zero-order valence-electron chi connectivity index (χ0n) is 27.1. The monoisotopic (exact) mass is 629 g/mol. The maximum atomic E-state index is 13.3. The molecule has 0 saturated heterocycles. The summed E-state index contributed by atoms with van der Waals surface area (Å²) < 4.78 is 0. The van der Waals surface area contributed by atoms with Gasteiger partial charge in [0.1, 0.15) is 24.2 Å². The van der Waals surface area contributed by atoms with Crippen LogP contribution in [0.2, 0.25) is 0 Å². The van der Waals surface area contributed by atoms with Crippen LogP contribution in [-0.4, -0.2) is 95.1 Å². The van der Waals surface area contributed by atoms with E-state index in [0.29, 0.717) is 25.8 Å². The molecular formula is C29H55N7O8. The molecule has 0 unspecified atom stereocenters. The Hall–Kier alpha value is -3.30. The first-order chi connectivity index (χ1) is 20.4. The van der Waals surface area contributed by atoms with Crippen molar-refractivity contribution in [3.63, 3.8) is 0 Å². The number of rotatable bonds is 21. The van der Waals surface area contributed by atoms with Gasteiger partial charge in [0, 0.05) is 0 Å². The number of nitrogens with one attached hydrogen (secondary N) is 5. The van der Waals surface area contributed by atoms with Crippen LogP contribution in [0.1, 0.15) is 80.6 Å². The molecule has 0 aromatic heterocycles. The molecule has 0 spiro atoms. The molecular weight excluding hydrogens is 574 g/mol. The molecule has 0 heterocycles. The van der Waals surface area contributed by atoms with Gasteiger partial charge in [-0.2, -0.15) is 0 Å². The lowest BCUT2D eigenvalue weighted by atomic mass is 9.99. The molecule has 0 aliphatic rings. The van der Waals surface area contributed by atoms with Crippen molar-refractivity contribution in [1.82, 2.24) is 26.6 Å². The SMILES string of the molecule is CC(C)C[C@H](NC(=O)[C@@H](NC(=O)CNC(=O)[C@@H](N)CC(C)C)C(C)C)C(=O)N[C@H](C(=O)N[C@@H](CCCCN)C(=O)O)[C@@H](C)O. The van der Waals surface area contributed by atoms with Gasteiger partial charge >= 0.3 is 5.97 Å². The standard InChI is InChI=1S/C29H55N7O8/c1-15(2)12-19(31)25(39)32-14-22(38)35-23(17(5)6)27(41)34-21(13-16(3)4)26(40)36-24(18(7)37)28(42)33-20(29(43)44)10-8-9-11-30/h15-21,23-24,37H,8-14,30-31H2,1-7H3,(H,32,39)(H,33,42)(H,34,41)(H,35,38)(H,36,40)(H,43,44)/t18-,19+,20+,21+,23+,24+/m1/s1. The number of aliphatic hydroxyl groups excluding tert-OH is 1. The average molecular weight is 630 g/mol. The van der Waals surface area contributed by atoms with Gasteiger partial charge in [-0.05, 0) is 63.3 Å². The number of hydrogen-bond acceptors (Lipinski definition) is 9. The highest BCUT2D eigenvalue weighted by Crippen LogP contribution is 2.10. The van der Waals surface area contributed by atoms with Crippen molar-refractivity contribution in [2.45, 2.75) is 117 Å². The maximum Gasteiger partial charge on any atom is 0.326 e. The molecule has 0 radical (unpaired) electrons. The molecule has 0 fully saturated rings. The van der Waals surface area contributed by atoms with E-state index in [9.17, 15) is 39.0 Å². The summed E-state index contributed by atoms with van der Waals surface area (Å²) in [7, 11) is 0. The van der Waals surface area contributed by atoms with E-state index in [0.717, 1.165) is 0 Å². The molecule has 11 N–H and O–H groups in total. The van der Waals surface area contributed by atoms with Crippen LogP contribution < -0.4 is 38.1 Å². The van der Waals surface area contributed by atoms with Crippen LogP contribution in [0.3, 0.4) is 0 Å². The molecule has 0 aliphatic heterocycles. The Labute approximate surface area is 260 Å². The van der Waals surface area contributed by atoms with Crippen LogP contribution in [0, 0.1) is 17.8 Å². The van der Waals surface area contributed by atoms with Crippen molar-refractivity contribution in [3.8, 4) is 0 Å².